The van der Waals surface area contributed by atoms with Crippen LogP contribution in [0.5, 0.6) is 0 Å². The summed E-state index contributed by atoms with van der Waals surface area (Å²) >= 11 is 1.32. The van der Waals surface area contributed by atoms with Gasteiger partial charge in [0.15, 0.2) is 5.13 Å². The van der Waals surface area contributed by atoms with Crippen LogP contribution in [0.2, 0.25) is 0 Å². The van der Waals surface area contributed by atoms with Crippen LogP contribution >= 0.6 is 11.3 Å². The summed E-state index contributed by atoms with van der Waals surface area (Å²) in [6, 6.07) is 0. The fourth-order valence-electron chi connectivity index (χ4n) is 1.43. The summed E-state index contributed by atoms with van der Waals surface area (Å²) in [4.78, 5) is 20.5. The highest BCUT2D eigenvalue weighted by Crippen LogP contribution is 2.17. The van der Waals surface area contributed by atoms with E-state index < -0.39 is 0 Å². The maximum atomic E-state index is 11.7. The Morgan fingerprint density at radius 3 is 3.20 bits per heavy atom. The van der Waals surface area contributed by atoms with Gasteiger partial charge in [0, 0.05) is 31.8 Å². The normalized spacial score (nSPS) is 9.85. The largest absolute Gasteiger partial charge is 0.395 e. The number of amides is 1. The third kappa shape index (κ3) is 4.50. The van der Waals surface area contributed by atoms with Crippen molar-refractivity contribution < 1.29 is 9.90 Å². The lowest BCUT2D eigenvalue weighted by Crippen LogP contribution is -2.13. The zero-order chi connectivity index (χ0) is 14.2. The van der Waals surface area contributed by atoms with Crippen LogP contribution in [0.4, 0.5) is 5.13 Å². The first kappa shape index (κ1) is 14.2. The van der Waals surface area contributed by atoms with E-state index in [-0.39, 0.29) is 12.5 Å². The zero-order valence-electron chi connectivity index (χ0n) is 10.7. The van der Waals surface area contributed by atoms with Gasteiger partial charge in [-0.05, 0) is 0 Å². The number of nitrogens with zero attached hydrogens (tertiary/aromatic N) is 3. The molecule has 0 fully saturated rings. The fourth-order valence-corrected chi connectivity index (χ4v) is 2.13. The lowest BCUT2D eigenvalue weighted by atomic mass is 10.4. The Morgan fingerprint density at radius 2 is 2.45 bits per heavy atom. The number of imidazole rings is 1. The molecule has 0 aliphatic rings. The highest BCUT2D eigenvalue weighted by atomic mass is 32.1. The zero-order valence-corrected chi connectivity index (χ0v) is 11.6. The lowest BCUT2D eigenvalue weighted by Gasteiger charge is -2.02. The molecule has 2 rings (SSSR count). The van der Waals surface area contributed by atoms with Crippen LogP contribution in [-0.2, 0) is 11.3 Å². The number of anilines is 1. The number of aromatic nitrogens is 3. The van der Waals surface area contributed by atoms with Gasteiger partial charge in [-0.2, -0.15) is 0 Å². The molecule has 0 aliphatic heterocycles. The molecule has 6 nitrogen and oxygen atoms in total. The molecule has 0 spiro atoms. The van der Waals surface area contributed by atoms with E-state index >= 15 is 0 Å². The lowest BCUT2D eigenvalue weighted by molar-refractivity contribution is -0.116. The molecule has 104 valence electrons. The quantitative estimate of drug-likeness (QED) is 0.808. The molecular weight excluding hydrogens is 276 g/mol. The van der Waals surface area contributed by atoms with Gasteiger partial charge in [0.05, 0.1) is 24.0 Å². The Kier molecular flexibility index (Phi) is 5.29. The van der Waals surface area contributed by atoms with Crippen LogP contribution in [-0.4, -0.2) is 32.2 Å². The van der Waals surface area contributed by atoms with Gasteiger partial charge in [0.2, 0.25) is 5.91 Å². The molecule has 2 aromatic rings. The van der Waals surface area contributed by atoms with Crippen molar-refractivity contribution in [3.8, 4) is 11.8 Å². The number of rotatable bonds is 5. The molecule has 0 atom stereocenters. The summed E-state index contributed by atoms with van der Waals surface area (Å²) in [7, 11) is 0. The van der Waals surface area contributed by atoms with E-state index in [1.807, 2.05) is 10.8 Å². The predicted octanol–water partition coefficient (Wildman–Crippen LogP) is 1.10. The Morgan fingerprint density at radius 1 is 1.55 bits per heavy atom. The number of aryl methyl sites for hydroxylation is 1. The van der Waals surface area contributed by atoms with Crippen LogP contribution in [0.1, 0.15) is 17.7 Å². The predicted molar refractivity (Wildman–Crippen MR) is 76.2 cm³/mol. The van der Waals surface area contributed by atoms with E-state index in [1.54, 1.807) is 18.7 Å². The van der Waals surface area contributed by atoms with Gasteiger partial charge in [-0.3, -0.25) is 4.79 Å². The summed E-state index contributed by atoms with van der Waals surface area (Å²) in [5, 5.41) is 11.9. The smallest absolute Gasteiger partial charge is 0.227 e. The second kappa shape index (κ2) is 7.43. The van der Waals surface area contributed by atoms with Crippen LogP contribution in [0.15, 0.2) is 24.9 Å². The molecule has 0 bridgehead atoms. The summed E-state index contributed by atoms with van der Waals surface area (Å²) in [6.07, 6.45) is 7.57. The molecular formula is C13H14N4O2S. The topological polar surface area (TPSA) is 80.0 Å². The number of hydrogen-bond donors (Lipinski definition) is 2. The van der Waals surface area contributed by atoms with E-state index in [0.717, 1.165) is 4.88 Å². The third-order valence-corrected chi connectivity index (χ3v) is 3.18. The van der Waals surface area contributed by atoms with Gasteiger partial charge >= 0.3 is 0 Å². The molecule has 0 unspecified atom stereocenters. The molecule has 2 aromatic heterocycles. The molecule has 7 heteroatoms. The molecule has 2 heterocycles. The molecule has 1 amide bonds. The van der Waals surface area contributed by atoms with E-state index in [2.05, 4.69) is 27.1 Å². The van der Waals surface area contributed by atoms with Crippen LogP contribution in [0, 0.1) is 11.8 Å². The summed E-state index contributed by atoms with van der Waals surface area (Å²) < 4.78 is 1.84. The maximum Gasteiger partial charge on any atom is 0.227 e. The minimum Gasteiger partial charge on any atom is -0.395 e. The van der Waals surface area contributed by atoms with Crippen molar-refractivity contribution in [2.24, 2.45) is 0 Å². The maximum absolute atomic E-state index is 11.7. The Hall–Kier alpha value is -2.17. The van der Waals surface area contributed by atoms with E-state index in [4.69, 9.17) is 5.11 Å². The minimum absolute atomic E-state index is 0.0453. The third-order valence-electron chi connectivity index (χ3n) is 2.36. The molecule has 20 heavy (non-hydrogen) atoms. The van der Waals surface area contributed by atoms with E-state index in [0.29, 0.717) is 24.5 Å². The van der Waals surface area contributed by atoms with Crippen molar-refractivity contribution in [3.05, 3.63) is 29.8 Å². The second-order valence-corrected chi connectivity index (χ2v) is 4.93. The van der Waals surface area contributed by atoms with Crippen molar-refractivity contribution >= 4 is 22.4 Å². The van der Waals surface area contributed by atoms with Crippen molar-refractivity contribution in [3.63, 3.8) is 0 Å². The molecule has 0 saturated carbocycles. The number of hydrogen-bond acceptors (Lipinski definition) is 5. The molecule has 0 saturated heterocycles. The summed E-state index contributed by atoms with van der Waals surface area (Å²) in [5.74, 6) is 5.59. The average Bonchev–Trinajstić information content (AvgIpc) is 3.08. The van der Waals surface area contributed by atoms with E-state index in [9.17, 15) is 4.79 Å². The van der Waals surface area contributed by atoms with Crippen LogP contribution in [0.3, 0.4) is 0 Å². The number of carbonyl (C=O) groups is 1. The van der Waals surface area contributed by atoms with Gasteiger partial charge in [0.25, 0.3) is 0 Å². The number of aliphatic hydroxyl groups is 1. The Labute approximate surface area is 120 Å². The van der Waals surface area contributed by atoms with Crippen molar-refractivity contribution in [2.75, 3.05) is 11.9 Å². The first-order valence-corrected chi connectivity index (χ1v) is 6.91. The van der Waals surface area contributed by atoms with Crippen LogP contribution in [0.25, 0.3) is 0 Å². The number of aliphatic hydroxyl groups excluding tert-OH is 1. The number of thiazole rings is 1. The second-order valence-electron chi connectivity index (χ2n) is 3.90. The van der Waals surface area contributed by atoms with E-state index in [1.165, 1.54) is 11.3 Å². The van der Waals surface area contributed by atoms with Crippen molar-refractivity contribution in [1.29, 1.82) is 0 Å². The fraction of sp³-hybridized carbons (Fsp3) is 0.308. The standard InChI is InChI=1S/C13H14N4O2S/c18-8-2-1-3-11-9-15-13(20-11)16-12(19)4-6-17-7-5-14-10-17/h5,7,9-10,18H,2,4,6,8H2,(H,15,16,19). The number of nitrogens with one attached hydrogen (secondary N) is 1. The minimum atomic E-state index is -0.0945. The average molecular weight is 290 g/mol. The Balaban J connectivity index is 1.81. The molecule has 0 aromatic carbocycles. The summed E-state index contributed by atoms with van der Waals surface area (Å²) in [6.45, 7) is 0.629. The van der Waals surface area contributed by atoms with Gasteiger partial charge < -0.3 is 15.0 Å². The first-order valence-electron chi connectivity index (χ1n) is 6.09. The van der Waals surface area contributed by atoms with Crippen molar-refractivity contribution in [1.82, 2.24) is 14.5 Å². The van der Waals surface area contributed by atoms with Gasteiger partial charge in [-0.15, -0.1) is 0 Å². The van der Waals surface area contributed by atoms with Gasteiger partial charge in [-0.25, -0.2) is 9.97 Å². The molecule has 0 radical (unpaired) electrons. The van der Waals surface area contributed by atoms with Gasteiger partial charge in [0.1, 0.15) is 0 Å². The monoisotopic (exact) mass is 290 g/mol. The molecule has 2 N–H and O–H groups in total. The first-order chi connectivity index (χ1) is 9.78. The highest BCUT2D eigenvalue weighted by Gasteiger charge is 2.06. The molecule has 0 aliphatic carbocycles. The SMILES string of the molecule is O=C(CCn1ccnc1)Nc1ncc(C#CCCO)s1. The van der Waals surface area contributed by atoms with Crippen LogP contribution < -0.4 is 5.32 Å². The number of carbonyl (C=O) groups excluding carboxylic acids is 1. The summed E-state index contributed by atoms with van der Waals surface area (Å²) in [5.41, 5.74) is 0. The highest BCUT2D eigenvalue weighted by molar-refractivity contribution is 7.16. The Bertz CT molecular complexity index is 610. The van der Waals surface area contributed by atoms with Gasteiger partial charge in [-0.1, -0.05) is 23.2 Å². The van der Waals surface area contributed by atoms with Crippen molar-refractivity contribution in [2.45, 2.75) is 19.4 Å².